The van der Waals surface area contributed by atoms with Crippen molar-refractivity contribution in [3.05, 3.63) is 51.4 Å². The molecule has 8 heteroatoms. The number of hydrogen-bond acceptors (Lipinski definition) is 6. The molecule has 0 aliphatic heterocycles. The van der Waals surface area contributed by atoms with E-state index in [9.17, 15) is 4.79 Å². The fourth-order valence-corrected chi connectivity index (χ4v) is 4.02. The molecule has 2 N–H and O–H groups in total. The summed E-state index contributed by atoms with van der Waals surface area (Å²) in [5.74, 6) is 0.683. The zero-order valence-electron chi connectivity index (χ0n) is 14.3. The Kier molecular flexibility index (Phi) is 5.93. The number of anilines is 2. The molecule has 0 radical (unpaired) electrons. The number of aryl methyl sites for hydroxylation is 1. The number of nitrogens with one attached hydrogen (secondary N) is 2. The maximum absolute atomic E-state index is 11.8. The van der Waals surface area contributed by atoms with Crippen LogP contribution in [0.3, 0.4) is 0 Å². The number of hydrogen-bond donors (Lipinski definition) is 2. The molecule has 0 fully saturated rings. The summed E-state index contributed by atoms with van der Waals surface area (Å²) in [6.45, 7) is 4.88. The van der Waals surface area contributed by atoms with Gasteiger partial charge in [-0.05, 0) is 25.0 Å². The summed E-state index contributed by atoms with van der Waals surface area (Å²) in [5, 5.41) is 13.6. The first-order valence-corrected chi connectivity index (χ1v) is 10.1. The Hall–Kier alpha value is -2.06. The maximum atomic E-state index is 11.8. The Morgan fingerprint density at radius 2 is 2.20 bits per heavy atom. The highest BCUT2D eigenvalue weighted by Crippen LogP contribution is 2.26. The van der Waals surface area contributed by atoms with Crippen LogP contribution in [0.5, 0.6) is 0 Å². The van der Waals surface area contributed by atoms with Gasteiger partial charge < -0.3 is 5.32 Å². The van der Waals surface area contributed by atoms with Gasteiger partial charge in [0, 0.05) is 23.4 Å². The van der Waals surface area contributed by atoms with Crippen molar-refractivity contribution < 1.29 is 0 Å². The molecule has 0 saturated heterocycles. The van der Waals surface area contributed by atoms with Crippen LogP contribution in [0, 0.1) is 6.92 Å². The zero-order valence-corrected chi connectivity index (χ0v) is 15.9. The molecule has 2 aromatic heterocycles. The van der Waals surface area contributed by atoms with Gasteiger partial charge in [-0.2, -0.15) is 0 Å². The largest absolute Gasteiger partial charge is 0.343 e. The van der Waals surface area contributed by atoms with Gasteiger partial charge in [0.15, 0.2) is 10.3 Å². The van der Waals surface area contributed by atoms with Gasteiger partial charge >= 0.3 is 5.69 Å². The molecule has 25 heavy (non-hydrogen) atoms. The van der Waals surface area contributed by atoms with Gasteiger partial charge in [-0.15, -0.1) is 16.4 Å². The normalized spacial score (nSPS) is 11.0. The monoisotopic (exact) mass is 375 g/mol. The van der Waals surface area contributed by atoms with Gasteiger partial charge in [-0.1, -0.05) is 43.3 Å². The molecule has 3 rings (SSSR count). The molecule has 0 atom stereocenters. The van der Waals surface area contributed by atoms with Gasteiger partial charge in [0.25, 0.3) is 0 Å². The van der Waals surface area contributed by atoms with E-state index in [1.807, 2.05) is 23.6 Å². The highest BCUT2D eigenvalue weighted by Gasteiger charge is 2.10. The van der Waals surface area contributed by atoms with Crippen molar-refractivity contribution in [3.8, 4) is 0 Å². The lowest BCUT2D eigenvalue weighted by Gasteiger charge is -2.05. The van der Waals surface area contributed by atoms with E-state index in [1.54, 1.807) is 15.9 Å². The molecule has 1 aromatic carbocycles. The number of thiazole rings is 1. The molecule has 0 saturated carbocycles. The molecule has 0 bridgehead atoms. The standard InChI is InChI=1S/C17H21N5OS2/c1-3-4-9-22-16(23)20-21-17(22)25-11-13-10-24-15(18-13)19-14-8-6-5-7-12(14)2/h5-8,10H,3-4,9,11H2,1-2H3,(H,18,19)(H,20,23). The SMILES string of the molecule is CCCCn1c(SCc2csc(Nc3ccccc3C)n2)n[nH]c1=O. The minimum atomic E-state index is -0.142. The number of unbranched alkanes of at least 4 members (excludes halogenated alkanes) is 1. The molecular weight excluding hydrogens is 354 g/mol. The first-order valence-electron chi connectivity index (χ1n) is 8.22. The van der Waals surface area contributed by atoms with Crippen LogP contribution < -0.4 is 11.0 Å². The Labute approximate surface area is 154 Å². The molecule has 6 nitrogen and oxygen atoms in total. The third-order valence-corrected chi connectivity index (χ3v) is 5.56. The molecular formula is C17H21N5OS2. The quantitative estimate of drug-likeness (QED) is 0.578. The number of rotatable bonds is 8. The van der Waals surface area contributed by atoms with E-state index in [0.29, 0.717) is 12.3 Å². The van der Waals surface area contributed by atoms with Crippen molar-refractivity contribution >= 4 is 33.9 Å². The number of H-pyrrole nitrogens is 1. The van der Waals surface area contributed by atoms with Crippen molar-refractivity contribution in [2.45, 2.75) is 44.1 Å². The van der Waals surface area contributed by atoms with Crippen LogP contribution in [0.2, 0.25) is 0 Å². The predicted molar refractivity (Wildman–Crippen MR) is 104 cm³/mol. The highest BCUT2D eigenvalue weighted by atomic mass is 32.2. The smallest absolute Gasteiger partial charge is 0.331 e. The van der Waals surface area contributed by atoms with Gasteiger partial charge in [0.05, 0.1) is 5.69 Å². The summed E-state index contributed by atoms with van der Waals surface area (Å²) >= 11 is 3.11. The van der Waals surface area contributed by atoms with Gasteiger partial charge in [-0.25, -0.2) is 14.9 Å². The number of thioether (sulfide) groups is 1. The van der Waals surface area contributed by atoms with Crippen molar-refractivity contribution in [2.24, 2.45) is 0 Å². The minimum Gasteiger partial charge on any atom is -0.331 e. The van der Waals surface area contributed by atoms with E-state index in [4.69, 9.17) is 0 Å². The topological polar surface area (TPSA) is 75.6 Å². The van der Waals surface area contributed by atoms with Crippen LogP contribution in [0.15, 0.2) is 39.6 Å². The highest BCUT2D eigenvalue weighted by molar-refractivity contribution is 7.98. The maximum Gasteiger partial charge on any atom is 0.343 e. The van der Waals surface area contributed by atoms with Crippen molar-refractivity contribution in [1.82, 2.24) is 19.7 Å². The second-order valence-corrected chi connectivity index (χ2v) is 7.49. The van der Waals surface area contributed by atoms with Gasteiger partial charge in [-0.3, -0.25) is 4.57 Å². The first kappa shape index (κ1) is 17.8. The lowest BCUT2D eigenvalue weighted by Crippen LogP contribution is -2.17. The third kappa shape index (κ3) is 4.52. The molecule has 2 heterocycles. The van der Waals surface area contributed by atoms with Crippen LogP contribution >= 0.6 is 23.1 Å². The van der Waals surface area contributed by atoms with Crippen molar-refractivity contribution in [2.75, 3.05) is 5.32 Å². The number of para-hydroxylation sites is 1. The van der Waals surface area contributed by atoms with Crippen LogP contribution in [0.1, 0.15) is 31.0 Å². The van der Waals surface area contributed by atoms with Crippen molar-refractivity contribution in [3.63, 3.8) is 0 Å². The van der Waals surface area contributed by atoms with Crippen LogP contribution in [0.25, 0.3) is 0 Å². The van der Waals surface area contributed by atoms with E-state index in [2.05, 4.69) is 40.4 Å². The van der Waals surface area contributed by atoms with Gasteiger partial charge in [0.2, 0.25) is 0 Å². The summed E-state index contributed by atoms with van der Waals surface area (Å²) in [6, 6.07) is 8.14. The number of nitrogens with zero attached hydrogens (tertiary/aromatic N) is 3. The number of benzene rings is 1. The Bertz CT molecular complexity index is 883. The summed E-state index contributed by atoms with van der Waals surface area (Å²) in [7, 11) is 0. The minimum absolute atomic E-state index is 0.142. The Morgan fingerprint density at radius 1 is 1.36 bits per heavy atom. The second kappa shape index (κ2) is 8.35. The fourth-order valence-electron chi connectivity index (χ4n) is 2.32. The van der Waals surface area contributed by atoms with Crippen molar-refractivity contribution in [1.29, 1.82) is 0 Å². The molecule has 0 aliphatic rings. The fraction of sp³-hybridized carbons (Fsp3) is 0.353. The van der Waals surface area contributed by atoms with E-state index in [0.717, 1.165) is 34.5 Å². The van der Waals surface area contributed by atoms with E-state index in [1.165, 1.54) is 17.3 Å². The average Bonchev–Trinajstić information content (AvgIpc) is 3.20. The zero-order chi connectivity index (χ0) is 17.6. The molecule has 0 spiro atoms. The summed E-state index contributed by atoms with van der Waals surface area (Å²) < 4.78 is 1.70. The molecule has 0 amide bonds. The number of aromatic nitrogens is 4. The number of aromatic amines is 1. The lowest BCUT2D eigenvalue weighted by molar-refractivity contribution is 0.573. The van der Waals surface area contributed by atoms with E-state index >= 15 is 0 Å². The van der Waals surface area contributed by atoms with Gasteiger partial charge in [0.1, 0.15) is 0 Å². The van der Waals surface area contributed by atoms with E-state index < -0.39 is 0 Å². The summed E-state index contributed by atoms with van der Waals surface area (Å²) in [5.41, 5.74) is 3.08. The molecule has 0 unspecified atom stereocenters. The van der Waals surface area contributed by atoms with Crippen LogP contribution in [0.4, 0.5) is 10.8 Å². The molecule has 3 aromatic rings. The lowest BCUT2D eigenvalue weighted by atomic mass is 10.2. The first-order chi connectivity index (χ1) is 12.2. The Morgan fingerprint density at radius 3 is 3.00 bits per heavy atom. The second-order valence-electron chi connectivity index (χ2n) is 5.69. The average molecular weight is 376 g/mol. The predicted octanol–water partition coefficient (Wildman–Crippen LogP) is 4.17. The Balaban J connectivity index is 1.63. The summed E-state index contributed by atoms with van der Waals surface area (Å²) in [6.07, 6.45) is 2.01. The molecule has 132 valence electrons. The summed E-state index contributed by atoms with van der Waals surface area (Å²) in [4.78, 5) is 16.4. The third-order valence-electron chi connectivity index (χ3n) is 3.75. The van der Waals surface area contributed by atoms with E-state index in [-0.39, 0.29) is 5.69 Å². The van der Waals surface area contributed by atoms with Crippen LogP contribution in [-0.2, 0) is 12.3 Å². The van der Waals surface area contributed by atoms with Crippen LogP contribution in [-0.4, -0.2) is 19.7 Å². The molecule has 0 aliphatic carbocycles.